The first-order chi connectivity index (χ1) is 17.1. The summed E-state index contributed by atoms with van der Waals surface area (Å²) >= 11 is 5.88. The second-order valence-electron chi connectivity index (χ2n) is 7.26. The Bertz CT molecular complexity index is 1260. The van der Waals surface area contributed by atoms with Crippen molar-refractivity contribution in [1.82, 2.24) is 20.7 Å². The summed E-state index contributed by atoms with van der Waals surface area (Å²) in [6.07, 6.45) is -8.83. The molecule has 0 atom stereocenters. The first-order valence-corrected chi connectivity index (χ1v) is 11.1. The number of hydrogen-bond donors (Lipinski definition) is 3. The standard InChI is InChI=1S/C21H14F6N4O4S2/c22-20(23,24)11-4-10(5-12(6-11)21(25,26)27)14-3-1-2-13(30-14)7-15-18(35)31(19(36)37-15)29-8-16(32)28-9-17(33)34/h1-7,29H,8-9H2,(H,28,32)(H,33,34)/b15-7-. The van der Waals surface area contributed by atoms with Crippen molar-refractivity contribution in [2.75, 3.05) is 13.1 Å². The number of amides is 2. The van der Waals surface area contributed by atoms with Crippen LogP contribution in [0, 0.1) is 0 Å². The van der Waals surface area contributed by atoms with Crippen LogP contribution in [0.1, 0.15) is 16.8 Å². The fourth-order valence-corrected chi connectivity index (χ4v) is 4.12. The Kier molecular flexibility index (Phi) is 8.24. The minimum atomic E-state index is -5.03. The molecule has 1 saturated heterocycles. The average Bonchev–Trinajstić information content (AvgIpc) is 3.07. The number of nitrogens with zero attached hydrogens (tertiary/aromatic N) is 2. The molecule has 0 spiro atoms. The van der Waals surface area contributed by atoms with Gasteiger partial charge in [0, 0.05) is 5.56 Å². The highest BCUT2D eigenvalue weighted by molar-refractivity contribution is 8.26. The smallest absolute Gasteiger partial charge is 0.416 e. The number of thiocarbonyl (C=S) groups is 1. The van der Waals surface area contributed by atoms with Crippen LogP contribution in [0.25, 0.3) is 17.3 Å². The SMILES string of the molecule is O=C(O)CNC(=O)CNN1C(=O)/C(=C/c2cccc(-c3cc(C(F)(F)F)cc(C(F)(F)F)c3)n2)SC1=S. The average molecular weight is 564 g/mol. The fraction of sp³-hybridized carbons (Fsp3) is 0.190. The molecule has 3 rings (SSSR count). The van der Waals surface area contributed by atoms with Crippen molar-refractivity contribution >= 4 is 52.2 Å². The van der Waals surface area contributed by atoms with Gasteiger partial charge in [-0.05, 0) is 36.4 Å². The molecular formula is C21H14F6N4O4S2. The number of aliphatic carboxylic acids is 1. The van der Waals surface area contributed by atoms with Crippen LogP contribution in [0.5, 0.6) is 0 Å². The zero-order chi connectivity index (χ0) is 27.5. The Morgan fingerprint density at radius 1 is 1.05 bits per heavy atom. The molecule has 2 heterocycles. The molecule has 37 heavy (non-hydrogen) atoms. The molecule has 2 amide bonds. The number of carboxylic acids is 1. The van der Waals surface area contributed by atoms with Gasteiger partial charge in [0.05, 0.1) is 34.0 Å². The lowest BCUT2D eigenvalue weighted by Crippen LogP contribution is -2.47. The van der Waals surface area contributed by atoms with Gasteiger partial charge in [0.1, 0.15) is 6.54 Å². The first kappa shape index (κ1) is 28.1. The molecule has 0 bridgehead atoms. The molecular weight excluding hydrogens is 550 g/mol. The largest absolute Gasteiger partial charge is 0.480 e. The quantitative estimate of drug-likeness (QED) is 0.265. The zero-order valence-corrected chi connectivity index (χ0v) is 19.7. The molecule has 1 aliphatic rings. The number of benzene rings is 1. The van der Waals surface area contributed by atoms with Gasteiger partial charge in [0.2, 0.25) is 5.91 Å². The number of nitrogens with one attached hydrogen (secondary N) is 2. The van der Waals surface area contributed by atoms with Crippen molar-refractivity contribution in [3.8, 4) is 11.3 Å². The van der Waals surface area contributed by atoms with Crippen molar-refractivity contribution in [2.45, 2.75) is 12.4 Å². The van der Waals surface area contributed by atoms with Gasteiger partial charge in [-0.1, -0.05) is 30.0 Å². The number of halogens is 6. The van der Waals surface area contributed by atoms with E-state index in [-0.39, 0.29) is 26.7 Å². The number of carbonyl (C=O) groups excluding carboxylic acids is 2. The molecule has 0 radical (unpaired) electrons. The molecule has 1 aromatic heterocycles. The molecule has 1 aromatic carbocycles. The van der Waals surface area contributed by atoms with Gasteiger partial charge in [0.25, 0.3) is 5.91 Å². The summed E-state index contributed by atoms with van der Waals surface area (Å²) in [5.74, 6) is -2.70. The highest BCUT2D eigenvalue weighted by atomic mass is 32.2. The minimum Gasteiger partial charge on any atom is -0.480 e. The number of aromatic nitrogens is 1. The minimum absolute atomic E-state index is 0.00752. The van der Waals surface area contributed by atoms with E-state index in [4.69, 9.17) is 17.3 Å². The molecule has 2 aromatic rings. The van der Waals surface area contributed by atoms with Crippen LogP contribution in [0.15, 0.2) is 41.3 Å². The Balaban J connectivity index is 1.85. The topological polar surface area (TPSA) is 112 Å². The van der Waals surface area contributed by atoms with Gasteiger partial charge in [-0.2, -0.15) is 26.3 Å². The Morgan fingerprint density at radius 2 is 1.68 bits per heavy atom. The second-order valence-corrected chi connectivity index (χ2v) is 8.94. The van der Waals surface area contributed by atoms with Crippen LogP contribution in [0.4, 0.5) is 26.3 Å². The molecule has 0 saturated carbocycles. The summed E-state index contributed by atoms with van der Waals surface area (Å²) in [4.78, 5) is 38.9. The van der Waals surface area contributed by atoms with E-state index >= 15 is 0 Å². The number of thioether (sulfide) groups is 1. The molecule has 0 unspecified atom stereocenters. The molecule has 1 fully saturated rings. The van der Waals surface area contributed by atoms with Crippen LogP contribution in [-0.2, 0) is 26.7 Å². The number of alkyl halides is 6. The van der Waals surface area contributed by atoms with Crippen molar-refractivity contribution < 1.29 is 45.8 Å². The molecule has 196 valence electrons. The monoisotopic (exact) mass is 564 g/mol. The normalized spacial score (nSPS) is 15.4. The third-order valence-electron chi connectivity index (χ3n) is 4.56. The Hall–Kier alpha value is -3.50. The lowest BCUT2D eigenvalue weighted by molar-refractivity contribution is -0.143. The summed E-state index contributed by atoms with van der Waals surface area (Å²) in [6.45, 7) is -1.10. The molecule has 8 nitrogen and oxygen atoms in total. The van der Waals surface area contributed by atoms with Crippen LogP contribution in [0.2, 0.25) is 0 Å². The number of carboxylic acid groups (broad SMARTS) is 1. The second kappa shape index (κ2) is 10.9. The third-order valence-corrected chi connectivity index (χ3v) is 5.86. The van der Waals surface area contributed by atoms with Gasteiger partial charge in [-0.25, -0.2) is 15.4 Å². The van der Waals surface area contributed by atoms with E-state index in [1.54, 1.807) is 0 Å². The van der Waals surface area contributed by atoms with Gasteiger partial charge in [0.15, 0.2) is 4.32 Å². The number of carbonyl (C=O) groups is 3. The zero-order valence-electron chi connectivity index (χ0n) is 18.1. The maximum Gasteiger partial charge on any atom is 0.416 e. The van der Waals surface area contributed by atoms with E-state index in [2.05, 4.69) is 15.7 Å². The number of rotatable bonds is 7. The Labute approximate surface area is 213 Å². The van der Waals surface area contributed by atoms with Crippen LogP contribution < -0.4 is 10.7 Å². The van der Waals surface area contributed by atoms with Gasteiger partial charge in [-0.3, -0.25) is 14.4 Å². The molecule has 1 aliphatic heterocycles. The predicted octanol–water partition coefficient (Wildman–Crippen LogP) is 3.69. The van der Waals surface area contributed by atoms with E-state index in [9.17, 15) is 40.7 Å². The summed E-state index contributed by atoms with van der Waals surface area (Å²) in [5.41, 5.74) is -1.14. The van der Waals surface area contributed by atoms with Crippen molar-refractivity contribution in [1.29, 1.82) is 0 Å². The maximum atomic E-state index is 13.2. The van der Waals surface area contributed by atoms with E-state index < -0.39 is 59.9 Å². The van der Waals surface area contributed by atoms with Crippen LogP contribution in [0.3, 0.4) is 0 Å². The first-order valence-electron chi connectivity index (χ1n) is 9.92. The summed E-state index contributed by atoms with van der Waals surface area (Å²) in [5, 5.41) is 11.5. The van der Waals surface area contributed by atoms with E-state index in [0.29, 0.717) is 12.1 Å². The fourth-order valence-electron chi connectivity index (χ4n) is 2.92. The van der Waals surface area contributed by atoms with Gasteiger partial charge < -0.3 is 10.4 Å². The van der Waals surface area contributed by atoms with Crippen molar-refractivity contribution in [2.24, 2.45) is 0 Å². The van der Waals surface area contributed by atoms with E-state index in [0.717, 1.165) is 16.8 Å². The number of hydrogen-bond acceptors (Lipinski definition) is 7. The van der Waals surface area contributed by atoms with E-state index in [1.165, 1.54) is 24.3 Å². The number of pyridine rings is 1. The summed E-state index contributed by atoms with van der Waals surface area (Å²) < 4.78 is 79.2. The van der Waals surface area contributed by atoms with Gasteiger partial charge >= 0.3 is 18.3 Å². The van der Waals surface area contributed by atoms with Crippen molar-refractivity contribution in [3.63, 3.8) is 0 Å². The maximum absolute atomic E-state index is 13.2. The molecule has 0 aliphatic carbocycles. The highest BCUT2D eigenvalue weighted by Crippen LogP contribution is 2.38. The molecule has 3 N–H and O–H groups in total. The highest BCUT2D eigenvalue weighted by Gasteiger charge is 2.37. The summed E-state index contributed by atoms with van der Waals surface area (Å²) in [7, 11) is 0. The van der Waals surface area contributed by atoms with E-state index in [1.807, 2.05) is 0 Å². The van der Waals surface area contributed by atoms with Crippen LogP contribution in [-0.4, -0.2) is 50.3 Å². The summed E-state index contributed by atoms with van der Waals surface area (Å²) in [6, 6.07) is 5.03. The van der Waals surface area contributed by atoms with Crippen molar-refractivity contribution in [3.05, 3.63) is 58.1 Å². The number of hydrazine groups is 1. The van der Waals surface area contributed by atoms with Crippen LogP contribution >= 0.6 is 24.0 Å². The Morgan fingerprint density at radius 3 is 2.24 bits per heavy atom. The lowest BCUT2D eigenvalue weighted by Gasteiger charge is -2.15. The van der Waals surface area contributed by atoms with Gasteiger partial charge in [-0.15, -0.1) is 0 Å². The third kappa shape index (κ3) is 7.27. The predicted molar refractivity (Wildman–Crippen MR) is 123 cm³/mol. The molecule has 16 heteroatoms. The lowest BCUT2D eigenvalue weighted by atomic mass is 10.0.